The van der Waals surface area contributed by atoms with Crippen LogP contribution < -0.4 is 4.90 Å². The zero-order valence-corrected chi connectivity index (χ0v) is 16.0. The first-order valence-corrected chi connectivity index (χ1v) is 9.65. The van der Waals surface area contributed by atoms with E-state index in [1.807, 2.05) is 37.4 Å². The summed E-state index contributed by atoms with van der Waals surface area (Å²) in [6.45, 7) is 7.66. The van der Waals surface area contributed by atoms with E-state index in [1.165, 1.54) is 4.21 Å². The summed E-state index contributed by atoms with van der Waals surface area (Å²) in [7, 11) is 0. The molecular formula is C17H20N4OS2. The fourth-order valence-electron chi connectivity index (χ4n) is 2.75. The molecule has 0 aliphatic heterocycles. The van der Waals surface area contributed by atoms with E-state index in [2.05, 4.69) is 23.4 Å². The Balaban J connectivity index is 2.31. The predicted molar refractivity (Wildman–Crippen MR) is 101 cm³/mol. The summed E-state index contributed by atoms with van der Waals surface area (Å²) in [6.07, 6.45) is 5.67. The van der Waals surface area contributed by atoms with Gasteiger partial charge >= 0.3 is 0 Å². The normalized spacial score (nSPS) is 11.9. The van der Waals surface area contributed by atoms with Crippen LogP contribution >= 0.6 is 23.1 Å². The first-order valence-electron chi connectivity index (χ1n) is 7.61. The molecule has 0 unspecified atom stereocenters. The highest BCUT2D eigenvalue weighted by atomic mass is 32.2. The van der Waals surface area contributed by atoms with Crippen LogP contribution in [0.15, 0.2) is 34.8 Å². The van der Waals surface area contributed by atoms with Gasteiger partial charge < -0.3 is 0 Å². The molecule has 5 nitrogen and oxygen atoms in total. The lowest BCUT2D eigenvalue weighted by Gasteiger charge is -2.34. The van der Waals surface area contributed by atoms with Gasteiger partial charge in [-0.3, -0.25) is 14.1 Å². The molecule has 0 spiro atoms. The smallest absolute Gasteiger partial charge is 0.236 e. The van der Waals surface area contributed by atoms with Gasteiger partial charge in [0.1, 0.15) is 5.69 Å². The Hall–Kier alpha value is -1.86. The second kappa shape index (κ2) is 6.22. The quantitative estimate of drug-likeness (QED) is 0.652. The molecule has 126 valence electrons. The zero-order chi connectivity index (χ0) is 17.5. The van der Waals surface area contributed by atoms with E-state index in [4.69, 9.17) is 4.98 Å². The lowest BCUT2D eigenvalue weighted by Crippen LogP contribution is -2.45. The highest BCUT2D eigenvalue weighted by Gasteiger charge is 2.32. The second-order valence-corrected chi connectivity index (χ2v) is 8.61. The molecule has 3 heterocycles. The van der Waals surface area contributed by atoms with Crippen molar-refractivity contribution in [3.8, 4) is 10.6 Å². The number of hydrogen-bond acceptors (Lipinski definition) is 5. The van der Waals surface area contributed by atoms with Crippen molar-refractivity contribution in [3.05, 3.63) is 30.6 Å². The van der Waals surface area contributed by atoms with E-state index in [-0.39, 0.29) is 11.4 Å². The van der Waals surface area contributed by atoms with E-state index >= 15 is 0 Å². The lowest BCUT2D eigenvalue weighted by molar-refractivity contribution is -0.117. The van der Waals surface area contributed by atoms with Gasteiger partial charge in [0.25, 0.3) is 0 Å². The van der Waals surface area contributed by atoms with Crippen molar-refractivity contribution in [3.63, 3.8) is 0 Å². The summed E-state index contributed by atoms with van der Waals surface area (Å²) >= 11 is 3.38. The van der Waals surface area contributed by atoms with Crippen molar-refractivity contribution in [1.29, 1.82) is 0 Å². The Kier molecular flexibility index (Phi) is 4.40. The number of thioether (sulfide) groups is 1. The number of fused-ring (bicyclic) bond motifs is 1. The van der Waals surface area contributed by atoms with Gasteiger partial charge in [0.15, 0.2) is 5.82 Å². The van der Waals surface area contributed by atoms with E-state index in [1.54, 1.807) is 41.1 Å². The van der Waals surface area contributed by atoms with Crippen molar-refractivity contribution >= 4 is 40.6 Å². The Morgan fingerprint density at radius 1 is 1.33 bits per heavy atom. The standard InChI is InChI=1S/C17H20N4OS2/c1-11(22)21(17(2,3)4)15-14(12-7-8-13(23-5)24-12)19-16-18-9-6-10-20(15)16/h6-10H,1-5H3. The maximum Gasteiger partial charge on any atom is 0.236 e. The van der Waals surface area contributed by atoms with Crippen molar-refractivity contribution in [2.45, 2.75) is 37.4 Å². The monoisotopic (exact) mass is 360 g/mol. The minimum absolute atomic E-state index is 0.0175. The van der Waals surface area contributed by atoms with Crippen LogP contribution in [0.2, 0.25) is 0 Å². The molecule has 0 fully saturated rings. The highest BCUT2D eigenvalue weighted by molar-refractivity contribution is 8.00. The third-order valence-corrected chi connectivity index (χ3v) is 5.77. The summed E-state index contributed by atoms with van der Waals surface area (Å²) < 4.78 is 3.10. The Morgan fingerprint density at radius 2 is 2.08 bits per heavy atom. The Labute approximate surface area is 149 Å². The largest absolute Gasteiger partial charge is 0.291 e. The number of nitrogens with zero attached hydrogens (tertiary/aromatic N) is 4. The molecule has 0 atom stereocenters. The van der Waals surface area contributed by atoms with Gasteiger partial charge in [-0.05, 0) is 45.2 Å². The molecule has 3 rings (SSSR count). The molecule has 24 heavy (non-hydrogen) atoms. The van der Waals surface area contributed by atoms with Gasteiger partial charge in [-0.25, -0.2) is 9.97 Å². The summed E-state index contributed by atoms with van der Waals surface area (Å²) in [6, 6.07) is 5.99. The number of anilines is 1. The molecule has 0 aliphatic carbocycles. The number of rotatable bonds is 3. The maximum absolute atomic E-state index is 12.4. The van der Waals surface area contributed by atoms with Crippen molar-refractivity contribution < 1.29 is 4.79 Å². The highest BCUT2D eigenvalue weighted by Crippen LogP contribution is 2.39. The molecule has 0 radical (unpaired) electrons. The Morgan fingerprint density at radius 3 is 2.67 bits per heavy atom. The van der Waals surface area contributed by atoms with Crippen LogP contribution in [0.25, 0.3) is 16.3 Å². The molecule has 0 saturated carbocycles. The summed E-state index contributed by atoms with van der Waals surface area (Å²) in [4.78, 5) is 24.3. The van der Waals surface area contributed by atoms with Gasteiger partial charge in [-0.1, -0.05) is 0 Å². The molecule has 0 N–H and O–H groups in total. The zero-order valence-electron chi connectivity index (χ0n) is 14.4. The molecular weight excluding hydrogens is 340 g/mol. The van der Waals surface area contributed by atoms with Crippen LogP contribution in [0.1, 0.15) is 27.7 Å². The van der Waals surface area contributed by atoms with Crippen LogP contribution in [0.4, 0.5) is 5.82 Å². The number of thiophene rings is 1. The number of hydrogen-bond donors (Lipinski definition) is 0. The Bertz CT molecular complexity index is 892. The van der Waals surface area contributed by atoms with Crippen molar-refractivity contribution in [2.75, 3.05) is 11.2 Å². The molecule has 7 heteroatoms. The molecule has 0 aliphatic rings. The van der Waals surface area contributed by atoms with Crippen LogP contribution in [-0.2, 0) is 4.79 Å². The van der Waals surface area contributed by atoms with Crippen LogP contribution in [-0.4, -0.2) is 32.1 Å². The van der Waals surface area contributed by atoms with E-state index in [0.717, 1.165) is 16.4 Å². The third-order valence-electron chi connectivity index (χ3n) is 3.59. The van der Waals surface area contributed by atoms with Gasteiger partial charge in [0.2, 0.25) is 11.7 Å². The van der Waals surface area contributed by atoms with Crippen LogP contribution in [0.3, 0.4) is 0 Å². The average molecular weight is 361 g/mol. The third kappa shape index (κ3) is 2.93. The topological polar surface area (TPSA) is 50.5 Å². The van der Waals surface area contributed by atoms with Gasteiger partial charge in [-0.15, -0.1) is 23.1 Å². The van der Waals surface area contributed by atoms with Crippen molar-refractivity contribution in [1.82, 2.24) is 14.4 Å². The maximum atomic E-state index is 12.4. The molecule has 0 saturated heterocycles. The first-order chi connectivity index (χ1) is 11.3. The minimum Gasteiger partial charge on any atom is -0.291 e. The summed E-state index contributed by atoms with van der Waals surface area (Å²) in [5.41, 5.74) is 0.426. The molecule has 1 amide bonds. The number of carbonyl (C=O) groups excluding carboxylic acids is 1. The van der Waals surface area contributed by atoms with E-state index in [9.17, 15) is 4.79 Å². The SMILES string of the molecule is CSc1ccc(-c2nc3ncccn3c2N(C(C)=O)C(C)(C)C)s1. The number of amides is 1. The van der Waals surface area contributed by atoms with E-state index < -0.39 is 0 Å². The molecule has 3 aromatic rings. The average Bonchev–Trinajstić information content (AvgIpc) is 3.10. The number of imidazole rings is 1. The van der Waals surface area contributed by atoms with Crippen molar-refractivity contribution in [2.24, 2.45) is 0 Å². The van der Waals surface area contributed by atoms with Crippen LogP contribution in [0.5, 0.6) is 0 Å². The van der Waals surface area contributed by atoms with Crippen LogP contribution in [0, 0.1) is 0 Å². The fraction of sp³-hybridized carbons (Fsp3) is 0.353. The molecule has 0 aromatic carbocycles. The summed E-state index contributed by atoms with van der Waals surface area (Å²) in [5.74, 6) is 1.35. The molecule has 0 bridgehead atoms. The summed E-state index contributed by atoms with van der Waals surface area (Å²) in [5, 5.41) is 0. The van der Waals surface area contributed by atoms with Gasteiger partial charge in [-0.2, -0.15) is 0 Å². The minimum atomic E-state index is -0.369. The van der Waals surface area contributed by atoms with Gasteiger partial charge in [0, 0.05) is 24.9 Å². The number of carbonyl (C=O) groups is 1. The molecule has 3 aromatic heterocycles. The first kappa shape index (κ1) is 17.0. The lowest BCUT2D eigenvalue weighted by atomic mass is 10.1. The fourth-order valence-corrected chi connectivity index (χ4v) is 4.28. The van der Waals surface area contributed by atoms with Gasteiger partial charge in [0.05, 0.1) is 9.09 Å². The number of aromatic nitrogens is 3. The second-order valence-electron chi connectivity index (χ2n) is 6.42. The predicted octanol–water partition coefficient (Wildman–Crippen LogP) is 4.33. The van der Waals surface area contributed by atoms with E-state index in [0.29, 0.717) is 5.78 Å².